The topological polar surface area (TPSA) is 64.9 Å². The van der Waals surface area contributed by atoms with Gasteiger partial charge in [0.1, 0.15) is 5.82 Å². The molecule has 2 N–H and O–H groups in total. The lowest BCUT2D eigenvalue weighted by molar-refractivity contribution is -0.190. The van der Waals surface area contributed by atoms with E-state index in [0.29, 0.717) is 5.56 Å². The van der Waals surface area contributed by atoms with E-state index < -0.39 is 23.4 Å². The smallest absolute Gasteiger partial charge is 0.337 e. The number of benzene rings is 1. The van der Waals surface area contributed by atoms with Crippen molar-refractivity contribution < 1.29 is 22.1 Å². The summed E-state index contributed by atoms with van der Waals surface area (Å²) in [6, 6.07) is 4.92. The number of halogens is 4. The van der Waals surface area contributed by atoms with Crippen LogP contribution in [0.25, 0.3) is 11.4 Å². The number of nitrogens with zero attached hydrogens (tertiary/aromatic N) is 2. The van der Waals surface area contributed by atoms with Crippen molar-refractivity contribution in [2.24, 2.45) is 5.73 Å². The van der Waals surface area contributed by atoms with Crippen molar-refractivity contribution >= 4 is 0 Å². The van der Waals surface area contributed by atoms with Crippen molar-refractivity contribution in [1.29, 1.82) is 0 Å². The SMILES string of the molecule is CC(N)(c1nc(-c2ccc(F)cc2)no1)C(F)(F)F. The third-order valence-corrected chi connectivity index (χ3v) is 2.56. The van der Waals surface area contributed by atoms with E-state index in [4.69, 9.17) is 5.73 Å². The maximum atomic E-state index is 12.7. The highest BCUT2D eigenvalue weighted by atomic mass is 19.4. The second kappa shape index (κ2) is 4.30. The molecule has 19 heavy (non-hydrogen) atoms. The summed E-state index contributed by atoms with van der Waals surface area (Å²) in [5.74, 6) is -1.32. The highest BCUT2D eigenvalue weighted by Crippen LogP contribution is 2.36. The van der Waals surface area contributed by atoms with Gasteiger partial charge < -0.3 is 10.3 Å². The fraction of sp³-hybridized carbons (Fsp3) is 0.273. The molecule has 2 aromatic rings. The van der Waals surface area contributed by atoms with E-state index >= 15 is 0 Å². The second-order valence-electron chi connectivity index (χ2n) is 4.13. The Labute approximate surface area is 105 Å². The van der Waals surface area contributed by atoms with Gasteiger partial charge in [-0.1, -0.05) is 5.16 Å². The lowest BCUT2D eigenvalue weighted by atomic mass is 10.0. The molecule has 1 heterocycles. The third kappa shape index (κ3) is 2.43. The fourth-order valence-corrected chi connectivity index (χ4v) is 1.27. The second-order valence-corrected chi connectivity index (χ2v) is 4.13. The molecule has 0 spiro atoms. The highest BCUT2D eigenvalue weighted by molar-refractivity contribution is 5.53. The van der Waals surface area contributed by atoms with Gasteiger partial charge in [-0.15, -0.1) is 0 Å². The van der Waals surface area contributed by atoms with Crippen molar-refractivity contribution in [3.05, 3.63) is 36.0 Å². The lowest BCUT2D eigenvalue weighted by Gasteiger charge is -2.22. The molecular formula is C11H9F4N3O. The molecule has 4 nitrogen and oxygen atoms in total. The zero-order chi connectivity index (χ0) is 14.3. The Morgan fingerprint density at radius 3 is 2.26 bits per heavy atom. The van der Waals surface area contributed by atoms with Gasteiger partial charge in [-0.05, 0) is 31.2 Å². The zero-order valence-corrected chi connectivity index (χ0v) is 9.70. The molecule has 0 saturated heterocycles. The minimum absolute atomic E-state index is 0.0871. The average molecular weight is 275 g/mol. The number of rotatable bonds is 2. The Balaban J connectivity index is 2.37. The Morgan fingerprint density at radius 2 is 1.74 bits per heavy atom. The van der Waals surface area contributed by atoms with Gasteiger partial charge in [0.25, 0.3) is 5.89 Å². The fourth-order valence-electron chi connectivity index (χ4n) is 1.27. The Kier molecular flexibility index (Phi) is 3.05. The molecule has 0 amide bonds. The van der Waals surface area contributed by atoms with Crippen molar-refractivity contribution in [2.45, 2.75) is 18.6 Å². The molecule has 0 bridgehead atoms. The molecule has 0 aliphatic heterocycles. The summed E-state index contributed by atoms with van der Waals surface area (Å²) in [4.78, 5) is 3.60. The van der Waals surface area contributed by atoms with E-state index in [1.165, 1.54) is 12.1 Å². The van der Waals surface area contributed by atoms with Crippen molar-refractivity contribution in [2.75, 3.05) is 0 Å². The lowest BCUT2D eigenvalue weighted by Crippen LogP contribution is -2.47. The van der Waals surface area contributed by atoms with Crippen LogP contribution in [0.2, 0.25) is 0 Å². The van der Waals surface area contributed by atoms with E-state index in [-0.39, 0.29) is 5.82 Å². The zero-order valence-electron chi connectivity index (χ0n) is 9.70. The first-order valence-corrected chi connectivity index (χ1v) is 5.17. The maximum Gasteiger partial charge on any atom is 0.415 e. The molecule has 1 unspecified atom stereocenters. The normalized spacial score (nSPS) is 15.3. The van der Waals surface area contributed by atoms with Gasteiger partial charge in [0.2, 0.25) is 5.82 Å². The van der Waals surface area contributed by atoms with Gasteiger partial charge in [0, 0.05) is 5.56 Å². The van der Waals surface area contributed by atoms with Crippen molar-refractivity contribution in [3.63, 3.8) is 0 Å². The van der Waals surface area contributed by atoms with Crippen LogP contribution >= 0.6 is 0 Å². The van der Waals surface area contributed by atoms with Crippen LogP contribution < -0.4 is 5.73 Å². The minimum atomic E-state index is -4.72. The van der Waals surface area contributed by atoms with Crippen LogP contribution in [0.1, 0.15) is 12.8 Å². The average Bonchev–Trinajstić information content (AvgIpc) is 2.78. The van der Waals surface area contributed by atoms with E-state index in [1.807, 2.05) is 0 Å². The number of aromatic nitrogens is 2. The van der Waals surface area contributed by atoms with Gasteiger partial charge in [-0.3, -0.25) is 0 Å². The molecule has 102 valence electrons. The molecular weight excluding hydrogens is 266 g/mol. The highest BCUT2D eigenvalue weighted by Gasteiger charge is 2.53. The minimum Gasteiger partial charge on any atom is -0.337 e. The summed E-state index contributed by atoms with van der Waals surface area (Å²) in [5.41, 5.74) is 2.74. The quantitative estimate of drug-likeness (QED) is 0.855. The van der Waals surface area contributed by atoms with E-state index in [0.717, 1.165) is 19.1 Å². The molecule has 0 aliphatic carbocycles. The Hall–Kier alpha value is -1.96. The molecule has 0 aliphatic rings. The van der Waals surface area contributed by atoms with E-state index in [2.05, 4.69) is 14.7 Å². The Bertz CT molecular complexity index is 574. The van der Waals surface area contributed by atoms with Crippen LogP contribution in [0, 0.1) is 5.82 Å². The summed E-state index contributed by atoms with van der Waals surface area (Å²) in [5, 5.41) is 3.41. The molecule has 2 rings (SSSR count). The van der Waals surface area contributed by atoms with Crippen LogP contribution in [0.4, 0.5) is 17.6 Å². The summed E-state index contributed by atoms with van der Waals surface area (Å²) >= 11 is 0. The van der Waals surface area contributed by atoms with Crippen LogP contribution in [0.3, 0.4) is 0 Å². The van der Waals surface area contributed by atoms with E-state index in [9.17, 15) is 17.6 Å². The molecule has 0 radical (unpaired) electrons. The van der Waals surface area contributed by atoms with E-state index in [1.54, 1.807) is 0 Å². The summed E-state index contributed by atoms with van der Waals surface area (Å²) in [6.45, 7) is 0.731. The predicted molar refractivity (Wildman–Crippen MR) is 57.3 cm³/mol. The summed E-state index contributed by atoms with van der Waals surface area (Å²) in [6.07, 6.45) is -4.72. The van der Waals surface area contributed by atoms with Gasteiger partial charge in [0.15, 0.2) is 5.54 Å². The molecule has 8 heteroatoms. The van der Waals surface area contributed by atoms with Crippen LogP contribution in [0.5, 0.6) is 0 Å². The first kappa shape index (κ1) is 13.5. The maximum absolute atomic E-state index is 12.7. The first-order valence-electron chi connectivity index (χ1n) is 5.17. The van der Waals surface area contributed by atoms with Crippen LogP contribution in [0.15, 0.2) is 28.8 Å². The number of alkyl halides is 3. The molecule has 1 atom stereocenters. The van der Waals surface area contributed by atoms with Gasteiger partial charge in [-0.25, -0.2) is 4.39 Å². The molecule has 0 saturated carbocycles. The summed E-state index contributed by atoms with van der Waals surface area (Å²) < 4.78 is 55.3. The third-order valence-electron chi connectivity index (χ3n) is 2.56. The number of hydrogen-bond acceptors (Lipinski definition) is 4. The van der Waals surface area contributed by atoms with Crippen molar-refractivity contribution in [3.8, 4) is 11.4 Å². The van der Waals surface area contributed by atoms with Gasteiger partial charge in [0.05, 0.1) is 0 Å². The predicted octanol–water partition coefficient (Wildman–Crippen LogP) is 2.61. The summed E-state index contributed by atoms with van der Waals surface area (Å²) in [7, 11) is 0. The first-order chi connectivity index (χ1) is 8.72. The number of nitrogens with two attached hydrogens (primary N) is 1. The number of hydrogen-bond donors (Lipinski definition) is 1. The van der Waals surface area contributed by atoms with Crippen molar-refractivity contribution in [1.82, 2.24) is 10.1 Å². The van der Waals surface area contributed by atoms with Crippen LogP contribution in [-0.2, 0) is 5.54 Å². The standard InChI is InChI=1S/C11H9F4N3O/c1-10(16,11(13,14)15)9-17-8(18-19-9)6-2-4-7(12)5-3-6/h2-5H,16H2,1H3. The Morgan fingerprint density at radius 1 is 1.16 bits per heavy atom. The molecule has 1 aromatic carbocycles. The van der Waals surface area contributed by atoms with Crippen LogP contribution in [-0.4, -0.2) is 16.3 Å². The molecule has 0 fully saturated rings. The van der Waals surface area contributed by atoms with Gasteiger partial charge >= 0.3 is 6.18 Å². The largest absolute Gasteiger partial charge is 0.415 e. The monoisotopic (exact) mass is 275 g/mol. The molecule has 1 aromatic heterocycles. The van der Waals surface area contributed by atoms with Gasteiger partial charge in [-0.2, -0.15) is 18.2 Å².